The number of halogens is 4. The SMILES string of the molecule is CC(NC(=O)c1ccc(Br)s1)C(=O)NCC(O)COc1cccc(C(F)(F)F)c1. The minimum absolute atomic E-state index is 0.0482. The van der Waals surface area contributed by atoms with Crippen LogP contribution in [-0.2, 0) is 11.0 Å². The second-order valence-corrected chi connectivity index (χ2v) is 8.50. The van der Waals surface area contributed by atoms with Crippen molar-refractivity contribution >= 4 is 39.1 Å². The molecule has 158 valence electrons. The molecule has 0 saturated carbocycles. The molecular formula is C18H18BrF3N2O4S. The van der Waals surface area contributed by atoms with Gasteiger partial charge in [-0.1, -0.05) is 6.07 Å². The van der Waals surface area contributed by atoms with E-state index in [9.17, 15) is 27.9 Å². The van der Waals surface area contributed by atoms with Crippen LogP contribution in [0.2, 0.25) is 0 Å². The molecule has 2 unspecified atom stereocenters. The molecule has 3 N–H and O–H groups in total. The lowest BCUT2D eigenvalue weighted by Crippen LogP contribution is -2.47. The summed E-state index contributed by atoms with van der Waals surface area (Å²) in [6, 6.07) is 6.75. The first kappa shape index (κ1) is 23.2. The molecule has 0 radical (unpaired) electrons. The Bertz CT molecular complexity index is 860. The van der Waals surface area contributed by atoms with Crippen molar-refractivity contribution in [1.82, 2.24) is 10.6 Å². The predicted molar refractivity (Wildman–Crippen MR) is 105 cm³/mol. The maximum absolute atomic E-state index is 12.7. The number of nitrogens with one attached hydrogen (secondary N) is 2. The van der Waals surface area contributed by atoms with E-state index < -0.39 is 35.7 Å². The highest BCUT2D eigenvalue weighted by Crippen LogP contribution is 2.31. The largest absolute Gasteiger partial charge is 0.491 e. The van der Waals surface area contributed by atoms with Gasteiger partial charge >= 0.3 is 6.18 Å². The number of hydrogen-bond donors (Lipinski definition) is 3. The first-order valence-electron chi connectivity index (χ1n) is 8.38. The Balaban J connectivity index is 1.76. The van der Waals surface area contributed by atoms with Gasteiger partial charge in [0.25, 0.3) is 5.91 Å². The van der Waals surface area contributed by atoms with Gasteiger partial charge in [-0.2, -0.15) is 13.2 Å². The molecule has 11 heteroatoms. The van der Waals surface area contributed by atoms with Crippen molar-refractivity contribution in [3.05, 3.63) is 50.6 Å². The summed E-state index contributed by atoms with van der Waals surface area (Å²) in [6.07, 6.45) is -5.64. The molecule has 0 aliphatic carbocycles. The van der Waals surface area contributed by atoms with Crippen LogP contribution >= 0.6 is 27.3 Å². The lowest BCUT2D eigenvalue weighted by molar-refractivity contribution is -0.137. The Labute approximate surface area is 177 Å². The number of ether oxygens (including phenoxy) is 1. The minimum atomic E-state index is -4.49. The molecule has 29 heavy (non-hydrogen) atoms. The number of carbonyl (C=O) groups excluding carboxylic acids is 2. The van der Waals surface area contributed by atoms with Gasteiger partial charge in [-0.25, -0.2) is 0 Å². The van der Waals surface area contributed by atoms with Crippen molar-refractivity contribution in [2.45, 2.75) is 25.2 Å². The second kappa shape index (κ2) is 10.1. The van der Waals surface area contributed by atoms with Crippen molar-refractivity contribution in [2.75, 3.05) is 13.2 Å². The Morgan fingerprint density at radius 2 is 2.00 bits per heavy atom. The lowest BCUT2D eigenvalue weighted by atomic mass is 10.2. The molecule has 2 amide bonds. The van der Waals surface area contributed by atoms with Gasteiger partial charge < -0.3 is 20.5 Å². The first-order chi connectivity index (χ1) is 13.6. The van der Waals surface area contributed by atoms with E-state index in [1.807, 2.05) is 0 Å². The van der Waals surface area contributed by atoms with Crippen LogP contribution in [0.15, 0.2) is 40.2 Å². The highest BCUT2D eigenvalue weighted by molar-refractivity contribution is 9.11. The number of amides is 2. The molecule has 0 aliphatic rings. The smallest absolute Gasteiger partial charge is 0.416 e. The number of benzene rings is 1. The summed E-state index contributed by atoms with van der Waals surface area (Å²) in [4.78, 5) is 24.5. The van der Waals surface area contributed by atoms with Crippen LogP contribution in [0.3, 0.4) is 0 Å². The van der Waals surface area contributed by atoms with Gasteiger partial charge in [0.15, 0.2) is 0 Å². The zero-order chi connectivity index (χ0) is 21.6. The average molecular weight is 495 g/mol. The summed E-state index contributed by atoms with van der Waals surface area (Å²) in [5, 5.41) is 14.9. The van der Waals surface area contributed by atoms with Crippen LogP contribution in [0.5, 0.6) is 5.75 Å². The number of thiophene rings is 1. The monoisotopic (exact) mass is 494 g/mol. The number of carbonyl (C=O) groups is 2. The van der Waals surface area contributed by atoms with E-state index in [1.165, 1.54) is 30.4 Å². The van der Waals surface area contributed by atoms with Gasteiger partial charge in [0.1, 0.15) is 24.5 Å². The van der Waals surface area contributed by atoms with E-state index in [1.54, 1.807) is 12.1 Å². The Kier molecular flexibility index (Phi) is 8.05. The van der Waals surface area contributed by atoms with E-state index in [-0.39, 0.29) is 18.9 Å². The van der Waals surface area contributed by atoms with Gasteiger partial charge in [-0.15, -0.1) is 11.3 Å². The fourth-order valence-corrected chi connectivity index (χ4v) is 3.44. The van der Waals surface area contributed by atoms with Crippen LogP contribution in [0.4, 0.5) is 13.2 Å². The predicted octanol–water partition coefficient (Wildman–Crippen LogP) is 3.20. The molecule has 2 aromatic rings. The molecule has 2 atom stereocenters. The van der Waals surface area contributed by atoms with Gasteiger partial charge in [0.05, 0.1) is 14.2 Å². The zero-order valence-corrected chi connectivity index (χ0v) is 17.5. The summed E-state index contributed by atoms with van der Waals surface area (Å²) in [7, 11) is 0. The first-order valence-corrected chi connectivity index (χ1v) is 9.99. The highest BCUT2D eigenvalue weighted by Gasteiger charge is 2.30. The summed E-state index contributed by atoms with van der Waals surface area (Å²) < 4.78 is 43.9. The normalized spacial score (nSPS) is 13.4. The van der Waals surface area contributed by atoms with Gasteiger partial charge in [-0.3, -0.25) is 9.59 Å². The quantitative estimate of drug-likeness (QED) is 0.525. The van der Waals surface area contributed by atoms with Gasteiger partial charge in [0.2, 0.25) is 5.91 Å². The van der Waals surface area contributed by atoms with Crippen LogP contribution < -0.4 is 15.4 Å². The number of rotatable bonds is 8. The van der Waals surface area contributed by atoms with Crippen molar-refractivity contribution in [1.29, 1.82) is 0 Å². The van der Waals surface area contributed by atoms with E-state index in [2.05, 4.69) is 26.6 Å². The summed E-state index contributed by atoms with van der Waals surface area (Å²) >= 11 is 4.47. The second-order valence-electron chi connectivity index (χ2n) is 6.03. The van der Waals surface area contributed by atoms with Crippen LogP contribution in [0, 0.1) is 0 Å². The molecular weight excluding hydrogens is 477 g/mol. The van der Waals surface area contributed by atoms with Crippen LogP contribution in [0.1, 0.15) is 22.2 Å². The average Bonchev–Trinajstić information content (AvgIpc) is 3.10. The minimum Gasteiger partial charge on any atom is -0.491 e. The van der Waals surface area contributed by atoms with Crippen LogP contribution in [-0.4, -0.2) is 42.2 Å². The van der Waals surface area contributed by atoms with E-state index in [4.69, 9.17) is 4.74 Å². The molecule has 1 aromatic carbocycles. The number of alkyl halides is 3. The van der Waals surface area contributed by atoms with Crippen molar-refractivity contribution in [3.63, 3.8) is 0 Å². The highest BCUT2D eigenvalue weighted by atomic mass is 79.9. The van der Waals surface area contributed by atoms with E-state index in [0.717, 1.165) is 15.9 Å². The summed E-state index contributed by atoms with van der Waals surface area (Å²) in [5.41, 5.74) is -0.861. The van der Waals surface area contributed by atoms with Gasteiger partial charge in [-0.05, 0) is 53.2 Å². The molecule has 0 bridgehead atoms. The molecule has 0 aliphatic heterocycles. The molecule has 6 nitrogen and oxygen atoms in total. The zero-order valence-electron chi connectivity index (χ0n) is 15.1. The summed E-state index contributed by atoms with van der Waals surface area (Å²) in [6.45, 7) is 0.982. The van der Waals surface area contributed by atoms with Crippen molar-refractivity contribution < 1.29 is 32.6 Å². The topological polar surface area (TPSA) is 87.7 Å². The third-order valence-corrected chi connectivity index (χ3v) is 5.28. The van der Waals surface area contributed by atoms with Crippen molar-refractivity contribution in [3.8, 4) is 5.75 Å². The molecule has 0 fully saturated rings. The van der Waals surface area contributed by atoms with Crippen molar-refractivity contribution in [2.24, 2.45) is 0 Å². The third kappa shape index (κ3) is 7.33. The fourth-order valence-electron chi connectivity index (χ4n) is 2.15. The number of aliphatic hydroxyl groups is 1. The Hall–Kier alpha value is -2.11. The standard InChI is InChI=1S/C18H18BrF3N2O4S/c1-10(24-17(27)14-5-6-15(19)29-14)16(26)23-8-12(25)9-28-13-4-2-3-11(7-13)18(20,21)22/h2-7,10,12,25H,8-9H2,1H3,(H,23,26)(H,24,27). The van der Waals surface area contributed by atoms with E-state index >= 15 is 0 Å². The van der Waals surface area contributed by atoms with Crippen LogP contribution in [0.25, 0.3) is 0 Å². The Morgan fingerprint density at radius 1 is 1.28 bits per heavy atom. The van der Waals surface area contributed by atoms with Gasteiger partial charge in [0, 0.05) is 6.54 Å². The third-order valence-electron chi connectivity index (χ3n) is 3.65. The van der Waals surface area contributed by atoms with E-state index in [0.29, 0.717) is 4.88 Å². The molecule has 0 saturated heterocycles. The lowest BCUT2D eigenvalue weighted by Gasteiger charge is -2.17. The number of hydrogen-bond acceptors (Lipinski definition) is 5. The molecule has 2 rings (SSSR count). The number of aliphatic hydroxyl groups excluding tert-OH is 1. The molecule has 0 spiro atoms. The maximum Gasteiger partial charge on any atom is 0.416 e. The Morgan fingerprint density at radius 3 is 2.62 bits per heavy atom. The maximum atomic E-state index is 12.7. The fraction of sp³-hybridized carbons (Fsp3) is 0.333. The molecule has 1 aromatic heterocycles. The molecule has 1 heterocycles. The summed E-state index contributed by atoms with van der Waals surface area (Å²) in [5.74, 6) is -0.975.